The molecule has 0 unspecified atom stereocenters. The third-order valence-electron chi connectivity index (χ3n) is 3.96. The minimum Gasteiger partial charge on any atom is -0.308 e. The highest BCUT2D eigenvalue weighted by Gasteiger charge is 2.09. The SMILES string of the molecule is Cc1ccc(Cl)cc1NC(=O)Nc1cccc(-c2cn3ccsc3n2)c1. The van der Waals surface area contributed by atoms with Crippen molar-refractivity contribution < 1.29 is 4.79 Å². The van der Waals surface area contributed by atoms with E-state index in [-0.39, 0.29) is 6.03 Å². The zero-order valence-electron chi connectivity index (χ0n) is 13.9. The largest absolute Gasteiger partial charge is 0.323 e. The third kappa shape index (κ3) is 3.42. The molecule has 2 N–H and O–H groups in total. The Morgan fingerprint density at radius 2 is 2.08 bits per heavy atom. The summed E-state index contributed by atoms with van der Waals surface area (Å²) in [6.45, 7) is 1.91. The summed E-state index contributed by atoms with van der Waals surface area (Å²) in [5.74, 6) is 0. The number of fused-ring (bicyclic) bond motifs is 1. The van der Waals surface area contributed by atoms with Crippen LogP contribution < -0.4 is 10.6 Å². The molecule has 0 aliphatic carbocycles. The van der Waals surface area contributed by atoms with E-state index in [1.54, 1.807) is 23.5 Å². The Morgan fingerprint density at radius 3 is 2.92 bits per heavy atom. The molecule has 2 aromatic heterocycles. The predicted octanol–water partition coefficient (Wildman–Crippen LogP) is 5.67. The van der Waals surface area contributed by atoms with Gasteiger partial charge in [-0.25, -0.2) is 9.78 Å². The lowest BCUT2D eigenvalue weighted by Gasteiger charge is -2.11. The van der Waals surface area contributed by atoms with E-state index in [1.165, 1.54) is 0 Å². The van der Waals surface area contributed by atoms with Gasteiger partial charge < -0.3 is 10.6 Å². The maximum atomic E-state index is 12.3. The van der Waals surface area contributed by atoms with Gasteiger partial charge in [-0.1, -0.05) is 29.8 Å². The maximum absolute atomic E-state index is 12.3. The number of halogens is 1. The summed E-state index contributed by atoms with van der Waals surface area (Å²) >= 11 is 7.58. The maximum Gasteiger partial charge on any atom is 0.323 e. The van der Waals surface area contributed by atoms with Crippen LogP contribution in [0.25, 0.3) is 16.2 Å². The summed E-state index contributed by atoms with van der Waals surface area (Å²) in [5, 5.41) is 8.24. The Kier molecular flexibility index (Phi) is 4.36. The van der Waals surface area contributed by atoms with E-state index in [0.717, 1.165) is 21.8 Å². The fourth-order valence-electron chi connectivity index (χ4n) is 2.64. The van der Waals surface area contributed by atoms with Gasteiger partial charge in [0.2, 0.25) is 0 Å². The predicted molar refractivity (Wildman–Crippen MR) is 107 cm³/mol. The van der Waals surface area contributed by atoms with Crippen molar-refractivity contribution in [3.05, 3.63) is 70.8 Å². The van der Waals surface area contributed by atoms with E-state index in [0.29, 0.717) is 16.4 Å². The van der Waals surface area contributed by atoms with Crippen molar-refractivity contribution in [3.63, 3.8) is 0 Å². The highest BCUT2D eigenvalue weighted by molar-refractivity contribution is 7.15. The van der Waals surface area contributed by atoms with Gasteiger partial charge in [0, 0.05) is 39.7 Å². The number of hydrogen-bond acceptors (Lipinski definition) is 3. The molecule has 0 bridgehead atoms. The molecule has 2 amide bonds. The van der Waals surface area contributed by atoms with Crippen molar-refractivity contribution in [3.8, 4) is 11.3 Å². The summed E-state index contributed by atoms with van der Waals surface area (Å²) in [4.78, 5) is 17.8. The Hall–Kier alpha value is -2.83. The Labute approximate surface area is 159 Å². The Balaban J connectivity index is 1.52. The van der Waals surface area contributed by atoms with Gasteiger partial charge in [-0.2, -0.15) is 0 Å². The molecule has 0 atom stereocenters. The molecule has 26 heavy (non-hydrogen) atoms. The molecule has 0 saturated carbocycles. The number of benzene rings is 2. The molecule has 130 valence electrons. The van der Waals surface area contributed by atoms with Crippen molar-refractivity contribution in [2.24, 2.45) is 0 Å². The summed E-state index contributed by atoms with van der Waals surface area (Å²) in [6, 6.07) is 12.7. The van der Waals surface area contributed by atoms with E-state index in [9.17, 15) is 4.79 Å². The number of imidazole rings is 1. The van der Waals surface area contributed by atoms with Gasteiger partial charge in [-0.05, 0) is 36.8 Å². The van der Waals surface area contributed by atoms with Crippen molar-refractivity contribution in [1.82, 2.24) is 9.38 Å². The first kappa shape index (κ1) is 16.6. The van der Waals surface area contributed by atoms with Crippen molar-refractivity contribution in [2.75, 3.05) is 10.6 Å². The highest BCUT2D eigenvalue weighted by Crippen LogP contribution is 2.25. The number of nitrogens with one attached hydrogen (secondary N) is 2. The van der Waals surface area contributed by atoms with Crippen LogP contribution in [0.2, 0.25) is 5.02 Å². The van der Waals surface area contributed by atoms with Gasteiger partial charge in [0.25, 0.3) is 0 Å². The first-order valence-corrected chi connectivity index (χ1v) is 9.21. The second-order valence-corrected chi connectivity index (χ2v) is 7.15. The number of aromatic nitrogens is 2. The standard InChI is InChI=1S/C19H15ClN4OS/c1-12-5-6-14(20)10-16(12)22-18(25)21-15-4-2-3-13(9-15)17-11-24-7-8-26-19(24)23-17/h2-11H,1H3,(H2,21,22,25). The molecule has 7 heteroatoms. The van der Waals surface area contributed by atoms with Crippen LogP contribution >= 0.6 is 22.9 Å². The monoisotopic (exact) mass is 382 g/mol. The number of urea groups is 1. The van der Waals surface area contributed by atoms with E-state index in [2.05, 4.69) is 15.6 Å². The van der Waals surface area contributed by atoms with Gasteiger partial charge in [-0.15, -0.1) is 11.3 Å². The number of hydrogen-bond donors (Lipinski definition) is 2. The zero-order valence-corrected chi connectivity index (χ0v) is 15.4. The third-order valence-corrected chi connectivity index (χ3v) is 4.96. The molecule has 0 radical (unpaired) electrons. The number of carbonyl (C=O) groups excluding carboxylic acids is 1. The molecule has 0 spiro atoms. The quantitative estimate of drug-likeness (QED) is 0.479. The molecule has 2 aromatic carbocycles. The summed E-state index contributed by atoms with van der Waals surface area (Å²) in [6.07, 6.45) is 3.94. The van der Waals surface area contributed by atoms with E-state index < -0.39 is 0 Å². The topological polar surface area (TPSA) is 58.4 Å². The normalized spacial score (nSPS) is 10.8. The van der Waals surface area contributed by atoms with Crippen LogP contribution in [-0.4, -0.2) is 15.4 Å². The van der Waals surface area contributed by atoms with Crippen LogP contribution in [-0.2, 0) is 0 Å². The highest BCUT2D eigenvalue weighted by atomic mass is 35.5. The molecule has 2 heterocycles. The van der Waals surface area contributed by atoms with Crippen LogP contribution in [0.3, 0.4) is 0 Å². The number of rotatable bonds is 3. The molecule has 0 aliphatic rings. The number of carbonyl (C=O) groups is 1. The number of anilines is 2. The molecule has 4 aromatic rings. The van der Waals surface area contributed by atoms with Crippen molar-refractivity contribution in [2.45, 2.75) is 6.92 Å². The fourth-order valence-corrected chi connectivity index (χ4v) is 3.51. The lowest BCUT2D eigenvalue weighted by molar-refractivity contribution is 0.262. The molecule has 0 saturated heterocycles. The summed E-state index contributed by atoms with van der Waals surface area (Å²) in [5.41, 5.74) is 4.12. The van der Waals surface area contributed by atoms with E-state index >= 15 is 0 Å². The summed E-state index contributed by atoms with van der Waals surface area (Å²) < 4.78 is 1.98. The molecular weight excluding hydrogens is 368 g/mol. The average Bonchev–Trinajstić information content (AvgIpc) is 3.20. The summed E-state index contributed by atoms with van der Waals surface area (Å²) in [7, 11) is 0. The van der Waals surface area contributed by atoms with Gasteiger partial charge >= 0.3 is 6.03 Å². The number of thiazole rings is 1. The molecule has 0 fully saturated rings. The number of aryl methyl sites for hydroxylation is 1. The second-order valence-electron chi connectivity index (χ2n) is 5.84. The second kappa shape index (κ2) is 6.82. The van der Waals surface area contributed by atoms with Gasteiger partial charge in [0.15, 0.2) is 4.96 Å². The van der Waals surface area contributed by atoms with Crippen LogP contribution in [0.1, 0.15) is 5.56 Å². The van der Waals surface area contributed by atoms with E-state index in [1.807, 2.05) is 59.4 Å². The molecule has 0 aliphatic heterocycles. The molecular formula is C19H15ClN4OS. The van der Waals surface area contributed by atoms with Crippen LogP contribution in [0.5, 0.6) is 0 Å². The smallest absolute Gasteiger partial charge is 0.308 e. The van der Waals surface area contributed by atoms with Crippen molar-refractivity contribution >= 4 is 45.3 Å². The zero-order chi connectivity index (χ0) is 18.1. The molecule has 4 rings (SSSR count). The first-order valence-electron chi connectivity index (χ1n) is 7.95. The fraction of sp³-hybridized carbons (Fsp3) is 0.0526. The average molecular weight is 383 g/mol. The number of nitrogens with zero attached hydrogens (tertiary/aromatic N) is 2. The Bertz CT molecular complexity index is 1070. The minimum atomic E-state index is -0.321. The van der Waals surface area contributed by atoms with Crippen LogP contribution in [0.4, 0.5) is 16.2 Å². The number of amides is 2. The lowest BCUT2D eigenvalue weighted by atomic mass is 10.1. The van der Waals surface area contributed by atoms with Gasteiger partial charge in [0.05, 0.1) is 5.69 Å². The Morgan fingerprint density at radius 1 is 1.19 bits per heavy atom. The van der Waals surface area contributed by atoms with Crippen LogP contribution in [0, 0.1) is 6.92 Å². The van der Waals surface area contributed by atoms with Gasteiger partial charge in [-0.3, -0.25) is 4.40 Å². The van der Waals surface area contributed by atoms with Gasteiger partial charge in [0.1, 0.15) is 0 Å². The lowest BCUT2D eigenvalue weighted by Crippen LogP contribution is -2.19. The van der Waals surface area contributed by atoms with Crippen LogP contribution in [0.15, 0.2) is 60.2 Å². The van der Waals surface area contributed by atoms with E-state index in [4.69, 9.17) is 11.6 Å². The first-order chi connectivity index (χ1) is 12.6. The van der Waals surface area contributed by atoms with Crippen molar-refractivity contribution in [1.29, 1.82) is 0 Å². The molecule has 5 nitrogen and oxygen atoms in total. The minimum absolute atomic E-state index is 0.321.